The minimum atomic E-state index is -0.920. The molecule has 3 heterocycles. The maximum atomic E-state index is 13.0. The third-order valence-corrected chi connectivity index (χ3v) is 5.77. The smallest absolute Gasteiger partial charge is 0.261 e. The van der Waals surface area contributed by atoms with Crippen molar-refractivity contribution in [2.24, 2.45) is 0 Å². The lowest BCUT2D eigenvalue weighted by atomic mass is 10.1. The van der Waals surface area contributed by atoms with E-state index in [9.17, 15) is 9.59 Å². The van der Waals surface area contributed by atoms with E-state index >= 15 is 0 Å². The van der Waals surface area contributed by atoms with Crippen LogP contribution in [0.5, 0.6) is 0 Å². The van der Waals surface area contributed by atoms with Gasteiger partial charge in [0.05, 0.1) is 5.69 Å². The molecule has 2 aliphatic heterocycles. The first kappa shape index (κ1) is 14.3. The normalized spacial score (nSPS) is 22.2. The van der Waals surface area contributed by atoms with Gasteiger partial charge in [0.1, 0.15) is 11.4 Å². The fourth-order valence-electron chi connectivity index (χ4n) is 3.17. The van der Waals surface area contributed by atoms with Crippen LogP contribution in [0.1, 0.15) is 24.3 Å². The van der Waals surface area contributed by atoms with Gasteiger partial charge in [-0.3, -0.25) is 14.5 Å². The molecule has 0 spiro atoms. The Morgan fingerprint density at radius 3 is 2.91 bits per heavy atom. The summed E-state index contributed by atoms with van der Waals surface area (Å²) < 4.78 is 5.10. The Balaban J connectivity index is 1.73. The standard InChI is InChI=1S/C16H15N3O3S/c1-9-14(10(2)22-18-9)17-15(21)16-8-7-13(20)19(16)11-5-3-4-6-12(11)23-16/h3-6H,7-8H2,1-2H3,(H,17,21)/t16-/m0/s1. The number of anilines is 2. The van der Waals surface area contributed by atoms with Crippen LogP contribution in [0.2, 0.25) is 0 Å². The lowest BCUT2D eigenvalue weighted by Crippen LogP contribution is -2.49. The van der Waals surface area contributed by atoms with Crippen molar-refractivity contribution in [2.45, 2.75) is 36.5 Å². The number of thioether (sulfide) groups is 1. The summed E-state index contributed by atoms with van der Waals surface area (Å²) in [6, 6.07) is 7.62. The van der Waals surface area contributed by atoms with E-state index in [0.717, 1.165) is 10.6 Å². The highest BCUT2D eigenvalue weighted by atomic mass is 32.2. The second kappa shape index (κ2) is 4.86. The predicted molar refractivity (Wildman–Crippen MR) is 86.4 cm³/mol. The minimum absolute atomic E-state index is 0.0173. The Bertz CT molecular complexity index is 812. The van der Waals surface area contributed by atoms with Crippen LogP contribution in [0.3, 0.4) is 0 Å². The summed E-state index contributed by atoms with van der Waals surface area (Å²) >= 11 is 1.44. The SMILES string of the molecule is Cc1noc(C)c1NC(=O)[C@@]12CCC(=O)N1c1ccccc1S2. The number of nitrogens with zero attached hydrogens (tertiary/aromatic N) is 2. The molecular weight excluding hydrogens is 314 g/mol. The van der Waals surface area contributed by atoms with Crippen molar-refractivity contribution >= 4 is 35.0 Å². The van der Waals surface area contributed by atoms with Crippen LogP contribution in [0.4, 0.5) is 11.4 Å². The van der Waals surface area contributed by atoms with E-state index in [-0.39, 0.29) is 11.8 Å². The molecule has 1 aromatic carbocycles. The van der Waals surface area contributed by atoms with Gasteiger partial charge >= 0.3 is 0 Å². The van der Waals surface area contributed by atoms with Gasteiger partial charge in [0.2, 0.25) is 5.91 Å². The Labute approximate surface area is 137 Å². The van der Waals surface area contributed by atoms with Gasteiger partial charge in [0, 0.05) is 11.3 Å². The Hall–Kier alpha value is -2.28. The summed E-state index contributed by atoms with van der Waals surface area (Å²) in [5, 5.41) is 6.76. The summed E-state index contributed by atoms with van der Waals surface area (Å²) in [6.07, 6.45) is 0.858. The second-order valence-electron chi connectivity index (χ2n) is 5.74. The van der Waals surface area contributed by atoms with E-state index in [0.29, 0.717) is 30.0 Å². The Morgan fingerprint density at radius 2 is 2.17 bits per heavy atom. The van der Waals surface area contributed by atoms with Gasteiger partial charge in [0.25, 0.3) is 5.91 Å². The Kier molecular flexibility index (Phi) is 3.02. The number of aromatic nitrogens is 1. The van der Waals surface area contributed by atoms with E-state index in [1.54, 1.807) is 18.7 Å². The highest BCUT2D eigenvalue weighted by Crippen LogP contribution is 2.56. The number of hydrogen-bond donors (Lipinski definition) is 1. The number of rotatable bonds is 2. The fourth-order valence-corrected chi connectivity index (χ4v) is 4.58. The average Bonchev–Trinajstić information content (AvgIpc) is 3.15. The number of para-hydroxylation sites is 1. The van der Waals surface area contributed by atoms with E-state index in [4.69, 9.17) is 4.52 Å². The molecule has 0 unspecified atom stereocenters. The topological polar surface area (TPSA) is 75.4 Å². The molecule has 0 bridgehead atoms. The molecule has 7 heteroatoms. The summed E-state index contributed by atoms with van der Waals surface area (Å²) in [5.74, 6) is 0.332. The number of carbonyl (C=O) groups is 2. The number of hydrogen-bond acceptors (Lipinski definition) is 5. The van der Waals surface area contributed by atoms with Crippen molar-refractivity contribution in [1.82, 2.24) is 5.16 Å². The maximum Gasteiger partial charge on any atom is 0.261 e. The molecule has 1 aromatic heterocycles. The van der Waals surface area contributed by atoms with Crippen LogP contribution in [0.15, 0.2) is 33.7 Å². The van der Waals surface area contributed by atoms with Gasteiger partial charge in [-0.25, -0.2) is 0 Å². The van der Waals surface area contributed by atoms with Crippen molar-refractivity contribution in [1.29, 1.82) is 0 Å². The maximum absolute atomic E-state index is 13.0. The van der Waals surface area contributed by atoms with Gasteiger partial charge in [-0.15, -0.1) is 0 Å². The van der Waals surface area contributed by atoms with Crippen LogP contribution in [-0.4, -0.2) is 21.8 Å². The number of carbonyl (C=O) groups excluding carboxylic acids is 2. The monoisotopic (exact) mass is 329 g/mol. The molecule has 1 saturated heterocycles. The largest absolute Gasteiger partial charge is 0.359 e. The van der Waals surface area contributed by atoms with Gasteiger partial charge in [-0.1, -0.05) is 29.1 Å². The first-order valence-corrected chi connectivity index (χ1v) is 8.20. The van der Waals surface area contributed by atoms with E-state index in [2.05, 4.69) is 10.5 Å². The van der Waals surface area contributed by atoms with Crippen molar-refractivity contribution in [3.63, 3.8) is 0 Å². The van der Waals surface area contributed by atoms with Crippen LogP contribution in [-0.2, 0) is 9.59 Å². The van der Waals surface area contributed by atoms with Crippen LogP contribution < -0.4 is 10.2 Å². The zero-order valence-corrected chi connectivity index (χ0v) is 13.6. The molecule has 2 aliphatic rings. The van der Waals surface area contributed by atoms with Crippen molar-refractivity contribution in [3.05, 3.63) is 35.7 Å². The molecule has 6 nitrogen and oxygen atoms in total. The second-order valence-corrected chi connectivity index (χ2v) is 7.06. The molecule has 1 atom stereocenters. The minimum Gasteiger partial charge on any atom is -0.359 e. The van der Waals surface area contributed by atoms with Crippen molar-refractivity contribution < 1.29 is 14.1 Å². The van der Waals surface area contributed by atoms with E-state index in [1.807, 2.05) is 24.3 Å². The molecule has 2 aromatic rings. The van der Waals surface area contributed by atoms with Gasteiger partial charge in [-0.05, 0) is 32.4 Å². The van der Waals surface area contributed by atoms with Crippen molar-refractivity contribution in [3.8, 4) is 0 Å². The average molecular weight is 329 g/mol. The van der Waals surface area contributed by atoms with E-state index < -0.39 is 4.87 Å². The van der Waals surface area contributed by atoms with Crippen LogP contribution in [0.25, 0.3) is 0 Å². The van der Waals surface area contributed by atoms with Crippen LogP contribution >= 0.6 is 11.8 Å². The molecule has 118 valence electrons. The quantitative estimate of drug-likeness (QED) is 0.917. The summed E-state index contributed by atoms with van der Waals surface area (Å²) in [5.41, 5.74) is 2.03. The molecule has 1 N–H and O–H groups in total. The van der Waals surface area contributed by atoms with Crippen LogP contribution in [0, 0.1) is 13.8 Å². The molecule has 0 aliphatic carbocycles. The van der Waals surface area contributed by atoms with Gasteiger partial charge < -0.3 is 9.84 Å². The number of nitrogens with one attached hydrogen (secondary N) is 1. The lowest BCUT2D eigenvalue weighted by molar-refractivity contribution is -0.121. The Morgan fingerprint density at radius 1 is 1.39 bits per heavy atom. The number of fused-ring (bicyclic) bond motifs is 3. The third kappa shape index (κ3) is 1.92. The van der Waals surface area contributed by atoms with Crippen molar-refractivity contribution in [2.75, 3.05) is 10.2 Å². The molecule has 2 amide bonds. The molecule has 23 heavy (non-hydrogen) atoms. The summed E-state index contributed by atoms with van der Waals surface area (Å²) in [7, 11) is 0. The summed E-state index contributed by atoms with van der Waals surface area (Å²) in [6.45, 7) is 3.53. The van der Waals surface area contributed by atoms with E-state index in [1.165, 1.54) is 11.8 Å². The zero-order chi connectivity index (χ0) is 16.2. The molecule has 0 radical (unpaired) electrons. The summed E-state index contributed by atoms with van der Waals surface area (Å²) in [4.78, 5) is 27.1. The zero-order valence-electron chi connectivity index (χ0n) is 12.8. The number of aryl methyl sites for hydroxylation is 2. The van der Waals surface area contributed by atoms with Gasteiger partial charge in [-0.2, -0.15) is 0 Å². The molecule has 0 saturated carbocycles. The highest BCUT2D eigenvalue weighted by molar-refractivity contribution is 8.02. The van der Waals surface area contributed by atoms with Gasteiger partial charge in [0.15, 0.2) is 10.6 Å². The first-order valence-electron chi connectivity index (χ1n) is 7.38. The molecular formula is C16H15N3O3S. The lowest BCUT2D eigenvalue weighted by Gasteiger charge is -2.29. The third-order valence-electron chi connectivity index (χ3n) is 4.30. The molecule has 4 rings (SSSR count). The fraction of sp³-hybridized carbons (Fsp3) is 0.312. The first-order chi connectivity index (χ1) is 11.0. The molecule has 1 fully saturated rings. The number of amides is 2. The highest BCUT2D eigenvalue weighted by Gasteiger charge is 2.57. The number of benzene rings is 1. The predicted octanol–water partition coefficient (Wildman–Crippen LogP) is 2.86.